The Labute approximate surface area is 314 Å². The zero-order valence-corrected chi connectivity index (χ0v) is 35.1. The van der Waals surface area contributed by atoms with Gasteiger partial charge in [0.2, 0.25) is 10.0 Å². The van der Waals surface area contributed by atoms with E-state index in [9.17, 15) is 18.3 Å². The van der Waals surface area contributed by atoms with Crippen molar-refractivity contribution in [2.45, 2.75) is 97.2 Å². The van der Waals surface area contributed by atoms with Gasteiger partial charge in [-0.25, -0.2) is 13.2 Å². The molecule has 1 aliphatic heterocycles. The number of aliphatic hydroxyl groups is 1. The van der Waals surface area contributed by atoms with Crippen LogP contribution in [-0.4, -0.2) is 73.8 Å². The number of esters is 1. The molecule has 1 heterocycles. The van der Waals surface area contributed by atoms with Crippen molar-refractivity contribution in [2.24, 2.45) is 17.3 Å². The number of carbonyl (C=O) groups excluding carboxylic acids is 1. The maximum absolute atomic E-state index is 13.2. The van der Waals surface area contributed by atoms with Gasteiger partial charge in [0.15, 0.2) is 0 Å². The van der Waals surface area contributed by atoms with Crippen LogP contribution in [0.3, 0.4) is 0 Å². The molecular weight excluding hydrogens is 722 g/mol. The second-order valence-corrected chi connectivity index (χ2v) is 21.7. The molecule has 1 N–H and O–H groups in total. The molecule has 0 bridgehead atoms. The summed E-state index contributed by atoms with van der Waals surface area (Å²) in [6, 6.07) is 11.8. The Bertz CT molecular complexity index is 1720. The summed E-state index contributed by atoms with van der Waals surface area (Å²) in [5, 5.41) is 12.4. The second-order valence-electron chi connectivity index (χ2n) is 16.5. The lowest BCUT2D eigenvalue weighted by Gasteiger charge is -2.46. The van der Waals surface area contributed by atoms with Crippen LogP contribution in [0.1, 0.15) is 95.1 Å². The Kier molecular flexibility index (Phi) is 12.6. The number of hydrogen-bond acceptors (Lipinski definition) is 7. The maximum atomic E-state index is 13.2. The van der Waals surface area contributed by atoms with Gasteiger partial charge in [-0.05, 0) is 161 Å². The summed E-state index contributed by atoms with van der Waals surface area (Å²) in [6.45, 7) is 17.3. The summed E-state index contributed by atoms with van der Waals surface area (Å²) in [5.74, 6) is 0.750. The summed E-state index contributed by atoms with van der Waals surface area (Å²) < 4.78 is 40.0. The van der Waals surface area contributed by atoms with Crippen molar-refractivity contribution in [1.82, 2.24) is 3.85 Å². The number of benzene rings is 2. The summed E-state index contributed by atoms with van der Waals surface area (Å²) in [4.78, 5) is 15.6. The molecule has 0 aromatic heterocycles. The number of fused-ring (bicyclic) bond motifs is 3. The first-order valence-electron chi connectivity index (χ1n) is 18.1. The molecule has 2 aromatic carbocycles. The number of nitrogens with zero attached hydrogens (tertiary/aromatic N) is 2. The number of ether oxygens (including phenoxy) is 2. The molecule has 282 valence electrons. The van der Waals surface area contributed by atoms with Crippen molar-refractivity contribution >= 4 is 50.7 Å². The van der Waals surface area contributed by atoms with Crippen LogP contribution >= 0.6 is 29.1 Å². The van der Waals surface area contributed by atoms with Crippen molar-refractivity contribution in [3.05, 3.63) is 69.8 Å². The number of halogens is 1. The summed E-state index contributed by atoms with van der Waals surface area (Å²) >= 11 is 6.46. The summed E-state index contributed by atoms with van der Waals surface area (Å²) in [6.07, 6.45) is 6.89. The molecule has 2 aliphatic carbocycles. The van der Waals surface area contributed by atoms with Gasteiger partial charge in [-0.1, -0.05) is 37.6 Å². The zero-order valence-electron chi connectivity index (χ0n) is 31.5. The molecule has 3 aliphatic rings. The molecular formula is C39H57ClN2O6P2S. The van der Waals surface area contributed by atoms with Gasteiger partial charge in [-0.15, -0.1) is 0 Å². The van der Waals surface area contributed by atoms with Crippen LogP contribution in [-0.2, 0) is 26.6 Å². The average Bonchev–Trinajstić information content (AvgIpc) is 3.17. The van der Waals surface area contributed by atoms with Gasteiger partial charge in [-0.3, -0.25) is 0 Å². The van der Waals surface area contributed by atoms with E-state index in [2.05, 4.69) is 17.0 Å². The highest BCUT2D eigenvalue weighted by Gasteiger charge is 2.44. The molecule has 2 unspecified atom stereocenters. The summed E-state index contributed by atoms with van der Waals surface area (Å²) in [7, 11) is -2.91. The highest BCUT2D eigenvalue weighted by molar-refractivity contribution is 7.97. The number of sulfonamides is 1. The minimum Gasteiger partial charge on any atom is -0.490 e. The first-order chi connectivity index (χ1) is 23.9. The molecule has 1 fully saturated rings. The molecule has 2 aromatic rings. The fourth-order valence-corrected chi connectivity index (χ4v) is 12.9. The normalized spacial score (nSPS) is 23.7. The molecule has 12 heteroatoms. The van der Waals surface area contributed by atoms with E-state index in [0.717, 1.165) is 60.7 Å². The van der Waals surface area contributed by atoms with Gasteiger partial charge in [0.05, 0.1) is 29.7 Å². The quantitative estimate of drug-likeness (QED) is 0.131. The lowest BCUT2D eigenvalue weighted by Crippen LogP contribution is -2.49. The van der Waals surface area contributed by atoms with Crippen LogP contribution in [0.4, 0.5) is 5.69 Å². The van der Waals surface area contributed by atoms with Gasteiger partial charge < -0.3 is 19.5 Å². The molecule has 0 saturated heterocycles. The van der Waals surface area contributed by atoms with Crippen LogP contribution in [0, 0.1) is 17.3 Å². The smallest absolute Gasteiger partial charge is 0.338 e. The van der Waals surface area contributed by atoms with Gasteiger partial charge in [0.25, 0.3) is 0 Å². The predicted octanol–water partition coefficient (Wildman–Crippen LogP) is 8.60. The first-order valence-corrected chi connectivity index (χ1v) is 23.0. The minimum atomic E-state index is -3.35. The van der Waals surface area contributed by atoms with Crippen molar-refractivity contribution in [1.29, 1.82) is 0 Å². The van der Waals surface area contributed by atoms with E-state index in [1.54, 1.807) is 9.91 Å². The standard InChI is InChI=1S/C39H57ClN2O6P2S/c1-26(17-19-38(5,6)25-51(45,46)42(49-7)50-8)35(43)31-14-11-29(31)22-41-23-39(18-9-10-27-20-30(40)13-15-32(27)39)24-47-34-16-12-28(21-33(34)41)36(44)48-37(2,3)4/h12-13,15-17,20-21,29,31,35,43,49-50H,9-11,14,18-19,22-25H2,1-8H3/b26-17+/t29-,31+,35-,39-/m0/s1. The maximum Gasteiger partial charge on any atom is 0.338 e. The van der Waals surface area contributed by atoms with Gasteiger partial charge in [0.1, 0.15) is 11.4 Å². The number of rotatable bonds is 12. The van der Waals surface area contributed by atoms with Crippen LogP contribution in [0.2, 0.25) is 5.02 Å². The number of carbonyl (C=O) groups is 1. The van der Waals surface area contributed by atoms with Crippen LogP contribution < -0.4 is 9.64 Å². The van der Waals surface area contributed by atoms with Crippen LogP contribution in [0.15, 0.2) is 48.0 Å². The predicted molar refractivity (Wildman–Crippen MR) is 214 cm³/mol. The lowest BCUT2D eigenvalue weighted by atomic mass is 9.67. The fraction of sp³-hybridized carbons (Fsp3) is 0.615. The molecule has 51 heavy (non-hydrogen) atoms. The molecule has 8 nitrogen and oxygen atoms in total. The van der Waals surface area contributed by atoms with Crippen molar-refractivity contribution in [2.75, 3.05) is 43.7 Å². The average molecular weight is 779 g/mol. The van der Waals surface area contributed by atoms with Crippen molar-refractivity contribution < 1.29 is 27.8 Å². The Hall–Kier alpha value is -1.73. The third-order valence-corrected chi connectivity index (χ3v) is 17.6. The number of aliphatic hydroxyl groups excluding tert-OH is 1. The van der Waals surface area contributed by atoms with Gasteiger partial charge >= 0.3 is 5.97 Å². The van der Waals surface area contributed by atoms with Crippen LogP contribution in [0.5, 0.6) is 5.75 Å². The largest absolute Gasteiger partial charge is 0.490 e. The van der Waals surface area contributed by atoms with E-state index < -0.39 is 27.1 Å². The van der Waals surface area contributed by atoms with Gasteiger partial charge in [0, 0.05) is 23.5 Å². The molecule has 6 atom stereocenters. The fourth-order valence-electron chi connectivity index (χ4n) is 8.00. The number of anilines is 1. The molecule has 1 spiro atoms. The first kappa shape index (κ1) is 40.5. The van der Waals surface area contributed by atoms with Crippen molar-refractivity contribution in [3.8, 4) is 5.75 Å². The Balaban J connectivity index is 1.40. The Morgan fingerprint density at radius 1 is 1.16 bits per heavy atom. The second kappa shape index (κ2) is 15.9. The monoisotopic (exact) mass is 778 g/mol. The van der Waals surface area contributed by atoms with Crippen molar-refractivity contribution in [3.63, 3.8) is 0 Å². The zero-order chi connectivity index (χ0) is 37.4. The third kappa shape index (κ3) is 9.51. The van der Waals surface area contributed by atoms with E-state index in [-0.39, 0.29) is 46.4 Å². The third-order valence-electron chi connectivity index (χ3n) is 10.7. The molecule has 1 saturated carbocycles. The van der Waals surface area contributed by atoms with Crippen LogP contribution in [0.25, 0.3) is 0 Å². The Morgan fingerprint density at radius 2 is 1.88 bits per heavy atom. The van der Waals surface area contributed by atoms with Gasteiger partial charge in [-0.2, -0.15) is 3.85 Å². The SMILES string of the molecule is CPN(PC)S(=O)(=O)CC(C)(C)C/C=C(\C)[C@H](O)[C@@H]1CC[C@H]1CN1C[C@@]2(CCCc3cc(Cl)ccc32)COc2ccc(C(=O)OC(C)(C)C)cc21. The number of allylic oxidation sites excluding steroid dienone is 1. The number of aryl methyl sites for hydroxylation is 1. The van der Waals surface area contributed by atoms with E-state index >= 15 is 0 Å². The molecule has 5 rings (SSSR count). The summed E-state index contributed by atoms with van der Waals surface area (Å²) in [5.41, 5.74) is 3.46. The molecule has 0 radical (unpaired) electrons. The van der Waals surface area contributed by atoms with E-state index in [1.165, 1.54) is 11.1 Å². The topological polar surface area (TPSA) is 96.4 Å². The Morgan fingerprint density at radius 3 is 2.53 bits per heavy atom. The molecule has 0 amide bonds. The lowest BCUT2D eigenvalue weighted by molar-refractivity contribution is 0.00694. The number of hydrogen-bond donors (Lipinski definition) is 1. The highest BCUT2D eigenvalue weighted by atomic mass is 35.5. The van der Waals surface area contributed by atoms with E-state index in [1.807, 2.05) is 79.1 Å². The van der Waals surface area contributed by atoms with E-state index in [4.69, 9.17) is 21.1 Å². The highest BCUT2D eigenvalue weighted by Crippen LogP contribution is 2.47. The van der Waals surface area contributed by atoms with E-state index in [0.29, 0.717) is 25.1 Å². The minimum absolute atomic E-state index is 0.0706.